The number of hydrogen-bond donors (Lipinski definition) is 1. The Hall–Kier alpha value is -3.38. The molecular formula is C26H25N3O2S. The van der Waals surface area contributed by atoms with Crippen LogP contribution in [-0.2, 0) is 4.79 Å². The molecule has 0 fully saturated rings. The maximum Gasteiger partial charge on any atom is 0.266 e. The van der Waals surface area contributed by atoms with Crippen LogP contribution in [0.1, 0.15) is 29.7 Å². The van der Waals surface area contributed by atoms with E-state index in [1.165, 1.54) is 11.8 Å². The number of aromatic nitrogens is 2. The summed E-state index contributed by atoms with van der Waals surface area (Å²) in [7, 11) is 0. The van der Waals surface area contributed by atoms with Crippen LogP contribution in [0.2, 0.25) is 0 Å². The zero-order chi connectivity index (χ0) is 22.7. The monoisotopic (exact) mass is 443 g/mol. The molecule has 0 aliphatic carbocycles. The molecule has 1 N–H and O–H groups in total. The molecule has 1 atom stereocenters. The normalized spacial score (nSPS) is 12.0. The highest BCUT2D eigenvalue weighted by Crippen LogP contribution is 2.24. The molecule has 3 aromatic carbocycles. The largest absolute Gasteiger partial charge is 0.349 e. The van der Waals surface area contributed by atoms with Crippen molar-refractivity contribution in [3.63, 3.8) is 0 Å². The topological polar surface area (TPSA) is 64.0 Å². The van der Waals surface area contributed by atoms with Crippen LogP contribution >= 0.6 is 11.8 Å². The average molecular weight is 444 g/mol. The van der Waals surface area contributed by atoms with Crippen molar-refractivity contribution in [1.29, 1.82) is 0 Å². The summed E-state index contributed by atoms with van der Waals surface area (Å²) in [6.45, 7) is 5.92. The second kappa shape index (κ2) is 9.40. The Morgan fingerprint density at radius 3 is 2.53 bits per heavy atom. The molecule has 1 aromatic heterocycles. The van der Waals surface area contributed by atoms with Crippen LogP contribution in [0.15, 0.2) is 82.7 Å². The minimum atomic E-state index is -0.134. The Bertz CT molecular complexity index is 1330. The number of nitrogens with one attached hydrogen (secondary N) is 1. The van der Waals surface area contributed by atoms with Crippen LogP contribution in [0.3, 0.4) is 0 Å². The molecule has 1 heterocycles. The fourth-order valence-electron chi connectivity index (χ4n) is 3.62. The van der Waals surface area contributed by atoms with Gasteiger partial charge in [0.1, 0.15) is 0 Å². The third-order valence-electron chi connectivity index (χ3n) is 5.36. The Morgan fingerprint density at radius 1 is 1.03 bits per heavy atom. The molecule has 0 saturated heterocycles. The molecule has 6 heteroatoms. The van der Waals surface area contributed by atoms with Gasteiger partial charge in [0.15, 0.2) is 5.16 Å². The van der Waals surface area contributed by atoms with Crippen molar-refractivity contribution in [2.45, 2.75) is 32.0 Å². The van der Waals surface area contributed by atoms with Crippen molar-refractivity contribution in [3.8, 4) is 5.69 Å². The van der Waals surface area contributed by atoms with Crippen molar-refractivity contribution in [3.05, 3.63) is 99.8 Å². The zero-order valence-corrected chi connectivity index (χ0v) is 19.1. The Kier molecular flexibility index (Phi) is 6.42. The molecule has 4 aromatic rings. The first-order valence-corrected chi connectivity index (χ1v) is 11.5. The van der Waals surface area contributed by atoms with Crippen molar-refractivity contribution in [2.75, 3.05) is 5.75 Å². The first-order valence-electron chi connectivity index (χ1n) is 10.5. The quantitative estimate of drug-likeness (QED) is 0.337. The van der Waals surface area contributed by atoms with E-state index in [0.717, 1.165) is 22.4 Å². The van der Waals surface area contributed by atoms with E-state index in [-0.39, 0.29) is 23.3 Å². The Morgan fingerprint density at radius 2 is 1.75 bits per heavy atom. The van der Waals surface area contributed by atoms with E-state index >= 15 is 0 Å². The Labute approximate surface area is 191 Å². The van der Waals surface area contributed by atoms with E-state index in [4.69, 9.17) is 4.98 Å². The molecule has 0 aliphatic heterocycles. The molecule has 4 rings (SSSR count). The molecule has 1 unspecified atom stereocenters. The van der Waals surface area contributed by atoms with Gasteiger partial charge in [0.25, 0.3) is 5.56 Å². The lowest BCUT2D eigenvalue weighted by molar-refractivity contribution is -0.119. The smallest absolute Gasteiger partial charge is 0.266 e. The van der Waals surface area contributed by atoms with Gasteiger partial charge < -0.3 is 5.32 Å². The molecular weight excluding hydrogens is 418 g/mol. The van der Waals surface area contributed by atoms with Crippen LogP contribution in [0, 0.1) is 13.8 Å². The standard InChI is InChI=1S/C26H25N3O2S/c1-17-13-14-18(2)23(15-17)29-25(31)21-11-7-8-12-22(21)28-26(29)32-16-24(30)27-19(3)20-9-5-4-6-10-20/h4-15,19H,16H2,1-3H3,(H,27,30). The van der Waals surface area contributed by atoms with Crippen LogP contribution in [0.25, 0.3) is 16.6 Å². The molecule has 0 aliphatic rings. The lowest BCUT2D eigenvalue weighted by atomic mass is 10.1. The van der Waals surface area contributed by atoms with Gasteiger partial charge in [-0.1, -0.05) is 66.4 Å². The highest BCUT2D eigenvalue weighted by molar-refractivity contribution is 7.99. The van der Waals surface area contributed by atoms with Gasteiger partial charge in [0.2, 0.25) is 5.91 Å². The first kappa shape index (κ1) is 21.8. The van der Waals surface area contributed by atoms with E-state index in [1.807, 2.05) is 87.5 Å². The molecule has 5 nitrogen and oxygen atoms in total. The van der Waals surface area contributed by atoms with Gasteiger partial charge in [-0.05, 0) is 55.7 Å². The summed E-state index contributed by atoms with van der Waals surface area (Å²) in [6, 6.07) is 23.0. The van der Waals surface area contributed by atoms with Gasteiger partial charge in [0.05, 0.1) is 28.4 Å². The predicted molar refractivity (Wildman–Crippen MR) is 131 cm³/mol. The minimum absolute atomic E-state index is 0.102. The van der Waals surface area contributed by atoms with Gasteiger partial charge in [-0.15, -0.1) is 0 Å². The summed E-state index contributed by atoms with van der Waals surface area (Å²) in [4.78, 5) is 30.8. The number of carbonyl (C=O) groups is 1. The molecule has 32 heavy (non-hydrogen) atoms. The van der Waals surface area contributed by atoms with Gasteiger partial charge in [-0.2, -0.15) is 0 Å². The maximum absolute atomic E-state index is 13.4. The second-order valence-corrected chi connectivity index (χ2v) is 8.77. The van der Waals surface area contributed by atoms with Crippen molar-refractivity contribution < 1.29 is 4.79 Å². The molecule has 1 amide bonds. The number of nitrogens with zero attached hydrogens (tertiary/aromatic N) is 2. The Balaban J connectivity index is 1.66. The lowest BCUT2D eigenvalue weighted by Crippen LogP contribution is -2.29. The fraction of sp³-hybridized carbons (Fsp3) is 0.192. The summed E-state index contributed by atoms with van der Waals surface area (Å²) >= 11 is 1.27. The predicted octanol–water partition coefficient (Wildman–Crippen LogP) is 4.97. The third-order valence-corrected chi connectivity index (χ3v) is 6.30. The van der Waals surface area contributed by atoms with Crippen LogP contribution in [-0.4, -0.2) is 21.2 Å². The summed E-state index contributed by atoms with van der Waals surface area (Å²) < 4.78 is 1.63. The highest BCUT2D eigenvalue weighted by atomic mass is 32.2. The van der Waals surface area contributed by atoms with Gasteiger partial charge >= 0.3 is 0 Å². The summed E-state index contributed by atoms with van der Waals surface area (Å²) in [5, 5.41) is 4.08. The summed E-state index contributed by atoms with van der Waals surface area (Å²) in [6.07, 6.45) is 0. The summed E-state index contributed by atoms with van der Waals surface area (Å²) in [5.41, 5.74) is 4.34. The number of carbonyl (C=O) groups excluding carboxylic acids is 1. The van der Waals surface area contributed by atoms with E-state index in [0.29, 0.717) is 16.1 Å². The number of benzene rings is 3. The van der Waals surface area contributed by atoms with Crippen molar-refractivity contribution in [1.82, 2.24) is 14.9 Å². The van der Waals surface area contributed by atoms with Crippen LogP contribution < -0.4 is 10.9 Å². The SMILES string of the molecule is Cc1ccc(C)c(-n2c(SCC(=O)NC(C)c3ccccc3)nc3ccccc3c2=O)c1. The van der Waals surface area contributed by atoms with Gasteiger partial charge in [-0.25, -0.2) is 4.98 Å². The number of hydrogen-bond acceptors (Lipinski definition) is 4. The highest BCUT2D eigenvalue weighted by Gasteiger charge is 2.17. The van der Waals surface area contributed by atoms with E-state index in [2.05, 4.69) is 5.32 Å². The first-order chi connectivity index (χ1) is 15.4. The number of fused-ring (bicyclic) bond motifs is 1. The molecule has 0 spiro atoms. The number of rotatable bonds is 6. The molecule has 0 saturated carbocycles. The number of thioether (sulfide) groups is 1. The number of aryl methyl sites for hydroxylation is 2. The number of para-hydroxylation sites is 1. The van der Waals surface area contributed by atoms with Crippen LogP contribution in [0.4, 0.5) is 0 Å². The van der Waals surface area contributed by atoms with E-state index in [1.54, 1.807) is 10.6 Å². The molecule has 0 radical (unpaired) electrons. The zero-order valence-electron chi connectivity index (χ0n) is 18.3. The molecule has 0 bridgehead atoms. The van der Waals surface area contributed by atoms with E-state index in [9.17, 15) is 9.59 Å². The van der Waals surface area contributed by atoms with Crippen molar-refractivity contribution in [2.24, 2.45) is 0 Å². The van der Waals surface area contributed by atoms with Gasteiger partial charge in [-0.3, -0.25) is 14.2 Å². The van der Waals surface area contributed by atoms with Gasteiger partial charge in [0, 0.05) is 0 Å². The minimum Gasteiger partial charge on any atom is -0.349 e. The third kappa shape index (κ3) is 4.60. The average Bonchev–Trinajstić information content (AvgIpc) is 2.80. The lowest BCUT2D eigenvalue weighted by Gasteiger charge is -2.17. The fourth-order valence-corrected chi connectivity index (χ4v) is 4.44. The van der Waals surface area contributed by atoms with E-state index < -0.39 is 0 Å². The maximum atomic E-state index is 13.4. The van der Waals surface area contributed by atoms with Crippen LogP contribution in [0.5, 0.6) is 0 Å². The number of amides is 1. The van der Waals surface area contributed by atoms with Crippen molar-refractivity contribution >= 4 is 28.6 Å². The second-order valence-electron chi connectivity index (χ2n) is 7.83. The summed E-state index contributed by atoms with van der Waals surface area (Å²) in [5.74, 6) is 0.0496. The molecule has 162 valence electrons.